The lowest BCUT2D eigenvalue weighted by Gasteiger charge is -2.29. The van der Waals surface area contributed by atoms with E-state index in [0.29, 0.717) is 39.3 Å². The van der Waals surface area contributed by atoms with Crippen molar-refractivity contribution in [3.8, 4) is 23.0 Å². The highest BCUT2D eigenvalue weighted by atomic mass is 35.5. The first-order valence-corrected chi connectivity index (χ1v) is 13.0. The molecule has 200 valence electrons. The van der Waals surface area contributed by atoms with Crippen molar-refractivity contribution >= 4 is 52.5 Å². The molecule has 1 N–H and O–H groups in total. The van der Waals surface area contributed by atoms with E-state index in [1.807, 2.05) is 30.3 Å². The van der Waals surface area contributed by atoms with Crippen molar-refractivity contribution in [2.45, 2.75) is 6.61 Å². The number of hydrogen-bond acceptors (Lipinski definition) is 6. The summed E-state index contributed by atoms with van der Waals surface area (Å²) in [6, 6.07) is 28.5. The lowest BCUT2D eigenvalue weighted by atomic mass is 10.0. The van der Waals surface area contributed by atoms with Gasteiger partial charge in [0.15, 0.2) is 5.11 Å². The minimum Gasteiger partial charge on any atom is -0.496 e. The minimum atomic E-state index is -0.579. The van der Waals surface area contributed by atoms with Crippen LogP contribution in [-0.4, -0.2) is 24.0 Å². The molecule has 0 radical (unpaired) electrons. The third-order valence-electron chi connectivity index (χ3n) is 6.00. The topological polar surface area (TPSA) is 77.1 Å². The smallest absolute Gasteiger partial charge is 0.270 e. The number of benzene rings is 4. The van der Waals surface area contributed by atoms with E-state index in [1.54, 1.807) is 73.8 Å². The number of para-hydroxylation sites is 1. The fraction of sp³-hybridized carbons (Fsp3) is 0.0645. The lowest BCUT2D eigenvalue weighted by molar-refractivity contribution is -0.122. The molecule has 1 fully saturated rings. The molecule has 0 bridgehead atoms. The van der Waals surface area contributed by atoms with Crippen molar-refractivity contribution in [1.82, 2.24) is 5.32 Å². The summed E-state index contributed by atoms with van der Waals surface area (Å²) < 4.78 is 17.2. The van der Waals surface area contributed by atoms with Crippen LogP contribution < -0.4 is 24.4 Å². The first kappa shape index (κ1) is 26.9. The molecule has 0 aromatic heterocycles. The van der Waals surface area contributed by atoms with E-state index in [9.17, 15) is 9.59 Å². The number of nitrogens with one attached hydrogen (secondary N) is 1. The molecule has 0 atom stereocenters. The van der Waals surface area contributed by atoms with E-state index in [-0.39, 0.29) is 17.3 Å². The van der Waals surface area contributed by atoms with Crippen molar-refractivity contribution in [3.05, 3.63) is 119 Å². The van der Waals surface area contributed by atoms with Crippen molar-refractivity contribution in [1.29, 1.82) is 0 Å². The summed E-state index contributed by atoms with van der Waals surface area (Å²) in [7, 11) is 1.56. The van der Waals surface area contributed by atoms with Crippen molar-refractivity contribution < 1.29 is 23.8 Å². The van der Waals surface area contributed by atoms with E-state index in [4.69, 9.17) is 38.0 Å². The Hall–Kier alpha value is -4.66. The number of methoxy groups -OCH3 is 1. The summed E-state index contributed by atoms with van der Waals surface area (Å²) in [5.74, 6) is 1.41. The van der Waals surface area contributed by atoms with Gasteiger partial charge in [-0.2, -0.15) is 0 Å². The van der Waals surface area contributed by atoms with E-state index in [2.05, 4.69) is 5.32 Å². The van der Waals surface area contributed by atoms with Gasteiger partial charge < -0.3 is 14.2 Å². The Morgan fingerprint density at radius 3 is 2.25 bits per heavy atom. The number of anilines is 1. The Morgan fingerprint density at radius 1 is 0.875 bits per heavy atom. The highest BCUT2D eigenvalue weighted by Crippen LogP contribution is 2.28. The maximum atomic E-state index is 13.5. The minimum absolute atomic E-state index is 0.00402. The average molecular weight is 571 g/mol. The number of ether oxygens (including phenoxy) is 3. The monoisotopic (exact) mass is 570 g/mol. The SMILES string of the molecule is COc1ccc(/C=C2\C(=O)NC(=S)N(c3ccc(Oc4ccccc4)cc3)C2=O)cc1COc1ccc(Cl)cc1. The summed E-state index contributed by atoms with van der Waals surface area (Å²) in [6.45, 7) is 0.204. The summed E-state index contributed by atoms with van der Waals surface area (Å²) in [4.78, 5) is 27.6. The first-order valence-electron chi connectivity index (χ1n) is 12.2. The Labute approximate surface area is 241 Å². The summed E-state index contributed by atoms with van der Waals surface area (Å²) in [5, 5.41) is 3.22. The van der Waals surface area contributed by atoms with Gasteiger partial charge in [-0.3, -0.25) is 19.8 Å². The van der Waals surface area contributed by atoms with Gasteiger partial charge in [0, 0.05) is 10.6 Å². The third kappa shape index (κ3) is 6.14. The van der Waals surface area contributed by atoms with E-state index < -0.39 is 11.8 Å². The van der Waals surface area contributed by atoms with Crippen LogP contribution in [0.5, 0.6) is 23.0 Å². The van der Waals surface area contributed by atoms with Crippen LogP contribution in [0.3, 0.4) is 0 Å². The van der Waals surface area contributed by atoms with Gasteiger partial charge in [0.25, 0.3) is 11.8 Å². The van der Waals surface area contributed by atoms with Gasteiger partial charge >= 0.3 is 0 Å². The van der Waals surface area contributed by atoms with Crippen LogP contribution in [0.2, 0.25) is 5.02 Å². The molecule has 5 rings (SSSR count). The Morgan fingerprint density at radius 2 is 1.55 bits per heavy atom. The fourth-order valence-electron chi connectivity index (χ4n) is 4.04. The molecule has 4 aromatic rings. The molecule has 40 heavy (non-hydrogen) atoms. The van der Waals surface area contributed by atoms with Gasteiger partial charge in [-0.05, 0) is 96.7 Å². The van der Waals surface area contributed by atoms with Gasteiger partial charge in [0.05, 0.1) is 12.8 Å². The highest BCUT2D eigenvalue weighted by Gasteiger charge is 2.34. The highest BCUT2D eigenvalue weighted by molar-refractivity contribution is 7.80. The zero-order valence-corrected chi connectivity index (χ0v) is 22.9. The van der Waals surface area contributed by atoms with Crippen LogP contribution in [0.1, 0.15) is 11.1 Å². The predicted octanol–water partition coefficient (Wildman–Crippen LogP) is 6.55. The molecule has 0 saturated carbocycles. The standard InChI is InChI=1S/C31H23ClN2O5S/c1-37-28-16-7-20(17-21(28)19-38-24-12-8-22(32)9-13-24)18-27-29(35)33-31(40)34(30(27)36)23-10-14-26(15-11-23)39-25-5-3-2-4-6-25/h2-18H,19H2,1H3,(H,33,35,40)/b27-18+. The lowest BCUT2D eigenvalue weighted by Crippen LogP contribution is -2.54. The van der Waals surface area contributed by atoms with E-state index in [0.717, 1.165) is 5.56 Å². The number of nitrogens with zero attached hydrogens (tertiary/aromatic N) is 1. The number of carbonyl (C=O) groups excluding carboxylic acids is 2. The predicted molar refractivity (Wildman–Crippen MR) is 158 cm³/mol. The van der Waals surface area contributed by atoms with Crippen molar-refractivity contribution in [2.75, 3.05) is 12.0 Å². The first-order chi connectivity index (χ1) is 19.4. The van der Waals surface area contributed by atoms with Gasteiger partial charge in [0.1, 0.15) is 35.2 Å². The number of rotatable bonds is 8. The molecule has 1 aliphatic rings. The molecule has 0 unspecified atom stereocenters. The molecule has 4 aromatic carbocycles. The molecule has 1 saturated heterocycles. The number of carbonyl (C=O) groups is 2. The van der Waals surface area contributed by atoms with E-state index >= 15 is 0 Å². The van der Waals surface area contributed by atoms with Crippen LogP contribution in [-0.2, 0) is 16.2 Å². The molecule has 2 amide bonds. The largest absolute Gasteiger partial charge is 0.496 e. The second-order valence-corrected chi connectivity index (χ2v) is 9.50. The van der Waals surface area contributed by atoms with Gasteiger partial charge in [-0.25, -0.2) is 0 Å². The molecular weight excluding hydrogens is 548 g/mol. The maximum absolute atomic E-state index is 13.5. The van der Waals surface area contributed by atoms with Crippen molar-refractivity contribution in [2.24, 2.45) is 0 Å². The molecule has 0 aliphatic carbocycles. The third-order valence-corrected chi connectivity index (χ3v) is 6.54. The summed E-state index contributed by atoms with van der Waals surface area (Å²) in [6.07, 6.45) is 1.52. The molecule has 7 nitrogen and oxygen atoms in total. The van der Waals surface area contributed by atoms with Gasteiger partial charge in [-0.1, -0.05) is 35.9 Å². The maximum Gasteiger partial charge on any atom is 0.270 e. The fourth-order valence-corrected chi connectivity index (χ4v) is 4.45. The molecule has 9 heteroatoms. The number of halogens is 1. The summed E-state index contributed by atoms with van der Waals surface area (Å²) in [5.41, 5.74) is 1.78. The van der Waals surface area contributed by atoms with Gasteiger partial charge in [0.2, 0.25) is 0 Å². The van der Waals surface area contributed by atoms with E-state index in [1.165, 1.54) is 11.0 Å². The Balaban J connectivity index is 1.37. The Kier molecular flexibility index (Phi) is 8.10. The van der Waals surface area contributed by atoms with Crippen molar-refractivity contribution in [3.63, 3.8) is 0 Å². The second kappa shape index (κ2) is 12.0. The number of hydrogen-bond donors (Lipinski definition) is 1. The van der Waals surface area contributed by atoms with Crippen LogP contribution in [0.15, 0.2) is 103 Å². The zero-order chi connectivity index (χ0) is 28.1. The quantitative estimate of drug-likeness (QED) is 0.147. The number of thiocarbonyl (C=S) groups is 1. The van der Waals surface area contributed by atoms with Gasteiger partial charge in [-0.15, -0.1) is 0 Å². The molecule has 1 aliphatic heterocycles. The van der Waals surface area contributed by atoms with Crippen LogP contribution in [0.4, 0.5) is 5.69 Å². The Bertz CT molecular complexity index is 1590. The van der Waals surface area contributed by atoms with Crippen LogP contribution >= 0.6 is 23.8 Å². The molecule has 0 spiro atoms. The van der Waals surface area contributed by atoms with Crippen LogP contribution in [0, 0.1) is 0 Å². The summed E-state index contributed by atoms with van der Waals surface area (Å²) >= 11 is 11.3. The second-order valence-electron chi connectivity index (χ2n) is 8.68. The normalized spacial score (nSPS) is 14.2. The average Bonchev–Trinajstić information content (AvgIpc) is 2.96. The zero-order valence-electron chi connectivity index (χ0n) is 21.3. The van der Waals surface area contributed by atoms with Crippen LogP contribution in [0.25, 0.3) is 6.08 Å². The molecular formula is C31H23ClN2O5S. The number of amides is 2. The molecule has 1 heterocycles.